The van der Waals surface area contributed by atoms with Gasteiger partial charge in [0.05, 0.1) is 0 Å². The number of hydroxylamine groups is 2. The van der Waals surface area contributed by atoms with E-state index in [1.165, 1.54) is 0 Å². The zero-order valence-corrected chi connectivity index (χ0v) is 11.9. The highest BCUT2D eigenvalue weighted by molar-refractivity contribution is 5.83. The Hall–Kier alpha value is -1.22. The number of carboxylic acids is 2. The van der Waals surface area contributed by atoms with E-state index in [9.17, 15) is 9.59 Å². The van der Waals surface area contributed by atoms with Crippen LogP contribution in [0.5, 0.6) is 0 Å². The van der Waals surface area contributed by atoms with Gasteiger partial charge >= 0.3 is 11.9 Å². The molecule has 0 aromatic rings. The molecule has 2 unspecified atom stereocenters. The highest BCUT2D eigenvalue weighted by atomic mass is 16.7. The monoisotopic (exact) mass is 292 g/mol. The van der Waals surface area contributed by atoms with Gasteiger partial charge in [0.15, 0.2) is 0 Å². The second-order valence-corrected chi connectivity index (χ2v) is 4.25. The molecule has 0 heterocycles. The Labute approximate surface area is 118 Å². The van der Waals surface area contributed by atoms with E-state index in [2.05, 4.69) is 11.0 Å². The number of aliphatic carboxylic acids is 2. The number of carbonyl (C=O) groups is 2. The molecule has 4 N–H and O–H groups in total. The molecule has 0 bridgehead atoms. The molecule has 0 saturated heterocycles. The van der Waals surface area contributed by atoms with Gasteiger partial charge in [-0.25, -0.2) is 20.5 Å². The van der Waals surface area contributed by atoms with Gasteiger partial charge in [-0.3, -0.25) is 9.68 Å². The molecule has 0 aliphatic heterocycles. The van der Waals surface area contributed by atoms with Crippen molar-refractivity contribution in [3.63, 3.8) is 0 Å². The molecule has 0 aliphatic rings. The Morgan fingerprint density at radius 2 is 1.25 bits per heavy atom. The third-order valence-corrected chi connectivity index (χ3v) is 2.45. The fraction of sp³-hybridized carbons (Fsp3) is 0.833. The average molecular weight is 292 g/mol. The van der Waals surface area contributed by atoms with Crippen LogP contribution >= 0.6 is 0 Å². The van der Waals surface area contributed by atoms with Crippen molar-refractivity contribution < 1.29 is 29.5 Å². The number of rotatable bonds is 13. The average Bonchev–Trinajstić information content (AvgIpc) is 2.39. The van der Waals surface area contributed by atoms with Crippen LogP contribution in [-0.4, -0.2) is 47.4 Å². The molecule has 8 heteroatoms. The van der Waals surface area contributed by atoms with Crippen LogP contribution in [0, 0.1) is 0 Å². The van der Waals surface area contributed by atoms with Crippen molar-refractivity contribution in [2.24, 2.45) is 0 Å². The smallest absolute Gasteiger partial charge is 0.338 e. The molecule has 0 saturated carbocycles. The first kappa shape index (κ1) is 18.8. The van der Waals surface area contributed by atoms with E-state index in [0.717, 1.165) is 25.7 Å². The van der Waals surface area contributed by atoms with E-state index < -0.39 is 24.1 Å². The molecule has 0 spiro atoms. The Morgan fingerprint density at radius 1 is 0.900 bits per heavy atom. The van der Waals surface area contributed by atoms with Crippen LogP contribution in [0.1, 0.15) is 39.5 Å². The highest BCUT2D eigenvalue weighted by Crippen LogP contribution is 2.04. The van der Waals surface area contributed by atoms with Gasteiger partial charge < -0.3 is 10.2 Å². The SMILES string of the molecule is CCCCNOC(C(=O)O)C(ONCCCC)C(=O)O. The third kappa shape index (κ3) is 8.05. The van der Waals surface area contributed by atoms with Gasteiger partial charge in [0.1, 0.15) is 0 Å². The van der Waals surface area contributed by atoms with Crippen molar-refractivity contribution in [1.29, 1.82) is 0 Å². The second-order valence-electron chi connectivity index (χ2n) is 4.25. The molecule has 0 fully saturated rings. The summed E-state index contributed by atoms with van der Waals surface area (Å²) in [4.78, 5) is 31.9. The summed E-state index contributed by atoms with van der Waals surface area (Å²) < 4.78 is 0. The maximum atomic E-state index is 11.1. The van der Waals surface area contributed by atoms with E-state index in [4.69, 9.17) is 19.9 Å². The minimum absolute atomic E-state index is 0.440. The number of carboxylic acid groups (broad SMARTS) is 2. The number of unbranched alkanes of at least 4 members (excludes halogenated alkanes) is 2. The molecule has 0 aromatic heterocycles. The van der Waals surface area contributed by atoms with Crippen LogP contribution < -0.4 is 11.0 Å². The topological polar surface area (TPSA) is 117 Å². The maximum absolute atomic E-state index is 11.1. The van der Waals surface area contributed by atoms with Gasteiger partial charge in [-0.1, -0.05) is 26.7 Å². The minimum atomic E-state index is -1.63. The third-order valence-electron chi connectivity index (χ3n) is 2.45. The Kier molecular flexibility index (Phi) is 10.9. The number of hydrogen-bond acceptors (Lipinski definition) is 6. The van der Waals surface area contributed by atoms with Crippen molar-refractivity contribution >= 4 is 11.9 Å². The summed E-state index contributed by atoms with van der Waals surface area (Å²) >= 11 is 0. The first-order valence-electron chi connectivity index (χ1n) is 6.77. The molecule has 0 aliphatic carbocycles. The van der Waals surface area contributed by atoms with E-state index >= 15 is 0 Å². The summed E-state index contributed by atoms with van der Waals surface area (Å²) in [5, 5.41) is 18.0. The van der Waals surface area contributed by atoms with Gasteiger partial charge in [0, 0.05) is 13.1 Å². The van der Waals surface area contributed by atoms with E-state index in [1.807, 2.05) is 13.8 Å². The predicted molar refractivity (Wildman–Crippen MR) is 70.8 cm³/mol. The Bertz CT molecular complexity index is 259. The molecule has 8 nitrogen and oxygen atoms in total. The van der Waals surface area contributed by atoms with Crippen molar-refractivity contribution in [3.8, 4) is 0 Å². The Balaban J connectivity index is 4.37. The molecular formula is C12H24N2O6. The minimum Gasteiger partial charge on any atom is -0.479 e. The first-order chi connectivity index (χ1) is 9.54. The first-order valence-corrected chi connectivity index (χ1v) is 6.77. The zero-order chi connectivity index (χ0) is 15.4. The van der Waals surface area contributed by atoms with Crippen molar-refractivity contribution in [2.45, 2.75) is 51.7 Å². The van der Waals surface area contributed by atoms with Crippen molar-refractivity contribution in [1.82, 2.24) is 11.0 Å². The fourth-order valence-corrected chi connectivity index (χ4v) is 1.28. The van der Waals surface area contributed by atoms with Crippen molar-refractivity contribution in [2.75, 3.05) is 13.1 Å². The Morgan fingerprint density at radius 3 is 1.50 bits per heavy atom. The van der Waals surface area contributed by atoms with Crippen LogP contribution in [0.3, 0.4) is 0 Å². The maximum Gasteiger partial charge on any atom is 0.338 e. The summed E-state index contributed by atoms with van der Waals surface area (Å²) in [5.74, 6) is -2.81. The van der Waals surface area contributed by atoms with Crippen LogP contribution in [-0.2, 0) is 19.3 Å². The van der Waals surface area contributed by atoms with Gasteiger partial charge in [-0.05, 0) is 12.8 Å². The quantitative estimate of drug-likeness (QED) is 0.287. The molecule has 118 valence electrons. The second kappa shape index (κ2) is 11.6. The molecule has 0 radical (unpaired) electrons. The van der Waals surface area contributed by atoms with Gasteiger partial charge in [-0.2, -0.15) is 0 Å². The highest BCUT2D eigenvalue weighted by Gasteiger charge is 2.37. The summed E-state index contributed by atoms with van der Waals surface area (Å²) in [6.07, 6.45) is 0.146. The van der Waals surface area contributed by atoms with Crippen LogP contribution in [0.4, 0.5) is 0 Å². The fourth-order valence-electron chi connectivity index (χ4n) is 1.28. The molecule has 20 heavy (non-hydrogen) atoms. The molecule has 2 atom stereocenters. The molecular weight excluding hydrogens is 268 g/mol. The summed E-state index contributed by atoms with van der Waals surface area (Å²) in [6.45, 7) is 4.82. The van der Waals surface area contributed by atoms with Gasteiger partial charge in [-0.15, -0.1) is 0 Å². The number of nitrogens with one attached hydrogen (secondary N) is 2. The predicted octanol–water partition coefficient (Wildman–Crippen LogP) is 0.535. The van der Waals surface area contributed by atoms with E-state index in [1.54, 1.807) is 0 Å². The van der Waals surface area contributed by atoms with Crippen LogP contribution in [0.25, 0.3) is 0 Å². The van der Waals surface area contributed by atoms with Gasteiger partial charge in [0.25, 0.3) is 0 Å². The molecule has 0 amide bonds. The number of hydrogen-bond donors (Lipinski definition) is 4. The van der Waals surface area contributed by atoms with E-state index in [0.29, 0.717) is 13.1 Å². The van der Waals surface area contributed by atoms with E-state index in [-0.39, 0.29) is 0 Å². The lowest BCUT2D eigenvalue weighted by Crippen LogP contribution is -2.48. The normalized spacial score (nSPS) is 13.9. The standard InChI is InChI=1S/C12H24N2O6/c1-3-5-7-13-19-9(11(15)16)10(12(17)18)20-14-8-6-4-2/h9-10,13-14H,3-8H2,1-2H3,(H,15,16)(H,17,18). The largest absolute Gasteiger partial charge is 0.479 e. The summed E-state index contributed by atoms with van der Waals surface area (Å²) in [7, 11) is 0. The van der Waals surface area contributed by atoms with Crippen LogP contribution in [0.2, 0.25) is 0 Å². The lowest BCUT2D eigenvalue weighted by atomic mass is 10.2. The van der Waals surface area contributed by atoms with Gasteiger partial charge in [0.2, 0.25) is 12.2 Å². The molecule has 0 rings (SSSR count). The molecule has 0 aromatic carbocycles. The lowest BCUT2D eigenvalue weighted by Gasteiger charge is -2.20. The van der Waals surface area contributed by atoms with Crippen molar-refractivity contribution in [3.05, 3.63) is 0 Å². The van der Waals surface area contributed by atoms with Crippen LogP contribution in [0.15, 0.2) is 0 Å². The zero-order valence-electron chi connectivity index (χ0n) is 11.9. The summed E-state index contributed by atoms with van der Waals surface area (Å²) in [5.41, 5.74) is 4.91. The lowest BCUT2D eigenvalue weighted by molar-refractivity contribution is -0.192. The summed E-state index contributed by atoms with van der Waals surface area (Å²) in [6, 6.07) is 0.